The third kappa shape index (κ3) is 10.3. The second-order valence-electron chi connectivity index (χ2n) is 6.91. The molecule has 0 saturated carbocycles. The summed E-state index contributed by atoms with van der Waals surface area (Å²) in [6, 6.07) is 5.84. The summed E-state index contributed by atoms with van der Waals surface area (Å²) in [6.45, 7) is 10.5. The molecule has 0 aromatic heterocycles. The number of methoxy groups -OCH3 is 1. The van der Waals surface area contributed by atoms with Crippen LogP contribution in [0.4, 0.5) is 8.78 Å². The molecule has 6 nitrogen and oxygen atoms in total. The van der Waals surface area contributed by atoms with Gasteiger partial charge in [-0.15, -0.1) is 24.0 Å². The van der Waals surface area contributed by atoms with Gasteiger partial charge in [0, 0.05) is 31.7 Å². The number of halogens is 3. The van der Waals surface area contributed by atoms with Crippen molar-refractivity contribution in [2.45, 2.75) is 59.9 Å². The van der Waals surface area contributed by atoms with Crippen molar-refractivity contribution >= 4 is 29.9 Å². The number of hydrogen-bond acceptors (Lipinski definition) is 4. The highest BCUT2D eigenvalue weighted by atomic mass is 127. The van der Waals surface area contributed by atoms with Gasteiger partial charge in [-0.05, 0) is 52.3 Å². The molecule has 0 saturated heterocycles. The number of guanidine groups is 1. The van der Waals surface area contributed by atoms with E-state index in [1.807, 2.05) is 6.92 Å². The lowest BCUT2D eigenvalue weighted by molar-refractivity contribution is -0.0512. The monoisotopic (exact) mass is 528 g/mol. The number of hydrogen-bond donors (Lipinski definition) is 2. The predicted molar refractivity (Wildman–Crippen MR) is 125 cm³/mol. The van der Waals surface area contributed by atoms with Crippen LogP contribution in [-0.4, -0.2) is 56.3 Å². The van der Waals surface area contributed by atoms with Crippen LogP contribution in [0, 0.1) is 0 Å². The lowest BCUT2D eigenvalue weighted by atomic mass is 10.2. The molecule has 1 aromatic carbocycles. The quantitative estimate of drug-likeness (QED) is 0.258. The summed E-state index contributed by atoms with van der Waals surface area (Å²) in [4.78, 5) is 6.93. The number of benzene rings is 1. The van der Waals surface area contributed by atoms with Gasteiger partial charge >= 0.3 is 6.61 Å². The van der Waals surface area contributed by atoms with Crippen molar-refractivity contribution in [3.8, 4) is 11.5 Å². The summed E-state index contributed by atoms with van der Waals surface area (Å²) in [5.41, 5.74) is 0.750. The van der Waals surface area contributed by atoms with Crippen LogP contribution in [0.2, 0.25) is 0 Å². The maximum absolute atomic E-state index is 12.6. The van der Waals surface area contributed by atoms with Crippen molar-refractivity contribution in [3.63, 3.8) is 0 Å². The maximum Gasteiger partial charge on any atom is 0.387 e. The summed E-state index contributed by atoms with van der Waals surface area (Å²) < 4.78 is 34.7. The molecule has 0 heterocycles. The van der Waals surface area contributed by atoms with Crippen LogP contribution in [-0.2, 0) is 6.54 Å². The second-order valence-corrected chi connectivity index (χ2v) is 6.91. The molecule has 0 bridgehead atoms. The SMILES string of the molecule is CCNC(=NCc1ccc(OC)c(OC(F)F)c1)NCCN(C(C)C)C(C)C.I. The molecule has 29 heavy (non-hydrogen) atoms. The Morgan fingerprint density at radius 1 is 1.10 bits per heavy atom. The number of ether oxygens (including phenoxy) is 2. The highest BCUT2D eigenvalue weighted by molar-refractivity contribution is 14.0. The first-order valence-corrected chi connectivity index (χ1v) is 9.68. The van der Waals surface area contributed by atoms with Crippen molar-refractivity contribution < 1.29 is 18.3 Å². The van der Waals surface area contributed by atoms with Crippen molar-refractivity contribution in [1.29, 1.82) is 0 Å². The Kier molecular flexibility index (Phi) is 13.9. The molecule has 0 fully saturated rings. The molecular weight excluding hydrogens is 493 g/mol. The van der Waals surface area contributed by atoms with E-state index in [-0.39, 0.29) is 35.5 Å². The minimum absolute atomic E-state index is 0. The Bertz CT molecular complexity index is 608. The Balaban J connectivity index is 0.00000784. The van der Waals surface area contributed by atoms with Gasteiger partial charge in [-0.1, -0.05) is 6.07 Å². The Morgan fingerprint density at radius 2 is 1.76 bits per heavy atom. The lowest BCUT2D eigenvalue weighted by Crippen LogP contribution is -2.45. The number of nitrogens with zero attached hydrogens (tertiary/aromatic N) is 2. The van der Waals surface area contributed by atoms with Gasteiger partial charge in [0.2, 0.25) is 0 Å². The van der Waals surface area contributed by atoms with Crippen molar-refractivity contribution in [2.24, 2.45) is 4.99 Å². The van der Waals surface area contributed by atoms with Crippen LogP contribution in [0.15, 0.2) is 23.2 Å². The summed E-state index contributed by atoms with van der Waals surface area (Å²) in [5, 5.41) is 6.52. The van der Waals surface area contributed by atoms with Crippen LogP contribution >= 0.6 is 24.0 Å². The van der Waals surface area contributed by atoms with E-state index in [2.05, 4.69) is 53.0 Å². The molecule has 9 heteroatoms. The highest BCUT2D eigenvalue weighted by Crippen LogP contribution is 2.29. The fourth-order valence-electron chi connectivity index (χ4n) is 2.94. The molecular formula is C20H35F2IN4O2. The van der Waals surface area contributed by atoms with E-state index in [4.69, 9.17) is 4.74 Å². The van der Waals surface area contributed by atoms with Crippen molar-refractivity contribution in [2.75, 3.05) is 26.7 Å². The topological polar surface area (TPSA) is 58.1 Å². The van der Waals surface area contributed by atoms with Gasteiger partial charge in [0.1, 0.15) is 0 Å². The minimum atomic E-state index is -2.91. The van der Waals surface area contributed by atoms with Gasteiger partial charge in [0.05, 0.1) is 13.7 Å². The van der Waals surface area contributed by atoms with E-state index >= 15 is 0 Å². The second kappa shape index (κ2) is 14.6. The van der Waals surface area contributed by atoms with E-state index in [1.165, 1.54) is 13.2 Å². The molecule has 0 amide bonds. The Hall–Kier alpha value is -1.36. The molecule has 0 atom stereocenters. The third-order valence-electron chi connectivity index (χ3n) is 4.20. The largest absolute Gasteiger partial charge is 0.493 e. The lowest BCUT2D eigenvalue weighted by Gasteiger charge is -2.30. The van der Waals surface area contributed by atoms with E-state index < -0.39 is 6.61 Å². The van der Waals surface area contributed by atoms with Crippen LogP contribution < -0.4 is 20.1 Å². The van der Waals surface area contributed by atoms with Crippen LogP contribution in [0.1, 0.15) is 40.2 Å². The summed E-state index contributed by atoms with van der Waals surface area (Å²) in [5.74, 6) is 0.954. The van der Waals surface area contributed by atoms with Crippen LogP contribution in [0.25, 0.3) is 0 Å². The molecule has 0 aliphatic carbocycles. The molecule has 2 N–H and O–H groups in total. The predicted octanol–water partition coefficient (Wildman–Crippen LogP) is 4.09. The first-order chi connectivity index (χ1) is 13.3. The summed E-state index contributed by atoms with van der Waals surface area (Å²) in [7, 11) is 1.41. The van der Waals surface area contributed by atoms with Crippen LogP contribution in [0.3, 0.4) is 0 Å². The molecule has 1 aromatic rings. The van der Waals surface area contributed by atoms with Gasteiger partial charge in [-0.3, -0.25) is 4.90 Å². The normalized spacial score (nSPS) is 11.8. The zero-order valence-electron chi connectivity index (χ0n) is 18.2. The van der Waals surface area contributed by atoms with Crippen molar-refractivity contribution in [1.82, 2.24) is 15.5 Å². The molecule has 0 radical (unpaired) electrons. The van der Waals surface area contributed by atoms with Crippen molar-refractivity contribution in [3.05, 3.63) is 23.8 Å². The fourth-order valence-corrected chi connectivity index (χ4v) is 2.94. The first-order valence-electron chi connectivity index (χ1n) is 9.68. The number of nitrogens with one attached hydrogen (secondary N) is 2. The van der Waals surface area contributed by atoms with E-state index in [9.17, 15) is 8.78 Å². The summed E-state index contributed by atoms with van der Waals surface area (Å²) in [6.07, 6.45) is 0. The smallest absolute Gasteiger partial charge is 0.387 e. The summed E-state index contributed by atoms with van der Waals surface area (Å²) >= 11 is 0. The molecule has 0 unspecified atom stereocenters. The average molecular weight is 528 g/mol. The minimum Gasteiger partial charge on any atom is -0.493 e. The highest BCUT2D eigenvalue weighted by Gasteiger charge is 2.13. The molecule has 1 rings (SSSR count). The van der Waals surface area contributed by atoms with Gasteiger partial charge < -0.3 is 20.1 Å². The van der Waals surface area contributed by atoms with E-state index in [1.54, 1.807) is 12.1 Å². The fraction of sp³-hybridized carbons (Fsp3) is 0.650. The van der Waals surface area contributed by atoms with Gasteiger partial charge in [-0.25, -0.2) is 4.99 Å². The zero-order valence-corrected chi connectivity index (χ0v) is 20.5. The average Bonchev–Trinajstić information content (AvgIpc) is 2.62. The van der Waals surface area contributed by atoms with Gasteiger partial charge in [0.25, 0.3) is 0 Å². The number of rotatable bonds is 11. The maximum atomic E-state index is 12.6. The number of alkyl halides is 2. The standard InChI is InChI=1S/C20H34F2N4O2.HI/c1-7-23-20(24-10-11-26(14(2)3)15(4)5)25-13-16-8-9-17(27-6)18(12-16)28-19(21)22;/h8-9,12,14-15,19H,7,10-11,13H2,1-6H3,(H2,23,24,25);1H. The Labute approximate surface area is 190 Å². The zero-order chi connectivity index (χ0) is 21.1. The van der Waals surface area contributed by atoms with Crippen LogP contribution in [0.5, 0.6) is 11.5 Å². The molecule has 0 spiro atoms. The molecule has 0 aliphatic rings. The van der Waals surface area contributed by atoms with Gasteiger partial charge in [0.15, 0.2) is 17.5 Å². The van der Waals surface area contributed by atoms with E-state index in [0.717, 1.165) is 25.2 Å². The van der Waals surface area contributed by atoms with E-state index in [0.29, 0.717) is 24.6 Å². The van der Waals surface area contributed by atoms with Gasteiger partial charge in [-0.2, -0.15) is 8.78 Å². The molecule has 168 valence electrons. The first kappa shape index (κ1) is 27.6. The number of aliphatic imine (C=N–C) groups is 1. The Morgan fingerprint density at radius 3 is 2.28 bits per heavy atom. The molecule has 0 aliphatic heterocycles. The third-order valence-corrected chi connectivity index (χ3v) is 4.20.